The lowest BCUT2D eigenvalue weighted by atomic mass is 10.1. The van der Waals surface area contributed by atoms with Crippen LogP contribution in [0.25, 0.3) is 11.3 Å². The maximum atomic E-state index is 10.8. The lowest BCUT2D eigenvalue weighted by molar-refractivity contribution is -0.384. The first-order chi connectivity index (χ1) is 11.6. The smallest absolute Gasteiger partial charge is 0.270 e. The molecule has 9 heteroatoms. The van der Waals surface area contributed by atoms with Gasteiger partial charge in [-0.25, -0.2) is 0 Å². The van der Waals surface area contributed by atoms with E-state index in [1.54, 1.807) is 24.3 Å². The van der Waals surface area contributed by atoms with Gasteiger partial charge in [-0.2, -0.15) is 14.9 Å². The molecule has 2 aromatic heterocycles. The van der Waals surface area contributed by atoms with Crippen LogP contribution in [-0.4, -0.2) is 26.0 Å². The van der Waals surface area contributed by atoms with Crippen molar-refractivity contribution in [3.05, 3.63) is 62.9 Å². The highest BCUT2D eigenvalue weighted by Gasteiger charge is 2.10. The summed E-state index contributed by atoms with van der Waals surface area (Å²) in [7, 11) is 0. The molecule has 122 valence electrons. The Kier molecular flexibility index (Phi) is 4.34. The molecule has 0 aliphatic carbocycles. The van der Waals surface area contributed by atoms with E-state index in [4.69, 9.17) is 16.6 Å². The van der Waals surface area contributed by atoms with Gasteiger partial charge >= 0.3 is 0 Å². The van der Waals surface area contributed by atoms with Gasteiger partial charge in [0.05, 0.1) is 11.1 Å². The van der Waals surface area contributed by atoms with Crippen molar-refractivity contribution >= 4 is 24.1 Å². The highest BCUT2D eigenvalue weighted by Crippen LogP contribution is 2.25. The third-order valence-corrected chi connectivity index (χ3v) is 3.57. The normalized spacial score (nSPS) is 11.2. The number of aryl methyl sites for hydroxylation is 1. The summed E-state index contributed by atoms with van der Waals surface area (Å²) in [5, 5.41) is 21.8. The number of nitrogens with one attached hydrogen (secondary N) is 1. The van der Waals surface area contributed by atoms with E-state index < -0.39 is 4.92 Å². The minimum absolute atomic E-state index is 0.0106. The summed E-state index contributed by atoms with van der Waals surface area (Å²) < 4.78 is 7.58. The number of furan rings is 1. The molecule has 0 aliphatic rings. The van der Waals surface area contributed by atoms with Crippen LogP contribution in [0, 0.1) is 14.9 Å². The molecule has 0 unspecified atom stereocenters. The number of rotatable bonds is 5. The van der Waals surface area contributed by atoms with Crippen LogP contribution in [0.4, 0.5) is 5.69 Å². The molecular formula is C15H13N5O3S. The van der Waals surface area contributed by atoms with Crippen molar-refractivity contribution in [2.24, 2.45) is 5.10 Å². The van der Waals surface area contributed by atoms with Crippen LogP contribution in [-0.2, 0) is 6.42 Å². The Labute approximate surface area is 141 Å². The Hall–Kier alpha value is -3.07. The Morgan fingerprint density at radius 1 is 1.46 bits per heavy atom. The SMILES string of the molecule is CCc1n[nH]c(=S)n1/N=C/c1ccc(-c2cccc([N+](=O)[O-])c2)o1. The minimum atomic E-state index is -0.443. The molecule has 3 aromatic rings. The Morgan fingerprint density at radius 2 is 2.29 bits per heavy atom. The summed E-state index contributed by atoms with van der Waals surface area (Å²) in [5.74, 6) is 1.73. The summed E-state index contributed by atoms with van der Waals surface area (Å²) in [6, 6.07) is 9.71. The molecular weight excluding hydrogens is 330 g/mol. The summed E-state index contributed by atoms with van der Waals surface area (Å²) in [6.07, 6.45) is 2.20. The Morgan fingerprint density at radius 3 is 3.04 bits per heavy atom. The van der Waals surface area contributed by atoms with E-state index in [9.17, 15) is 10.1 Å². The first-order valence-electron chi connectivity index (χ1n) is 7.14. The molecule has 0 saturated carbocycles. The highest BCUT2D eigenvalue weighted by atomic mass is 32.1. The molecule has 0 radical (unpaired) electrons. The monoisotopic (exact) mass is 343 g/mol. The summed E-state index contributed by atoms with van der Waals surface area (Å²) in [4.78, 5) is 10.4. The lowest BCUT2D eigenvalue weighted by Crippen LogP contribution is -1.96. The molecule has 1 aromatic carbocycles. The van der Waals surface area contributed by atoms with E-state index in [0.29, 0.717) is 34.1 Å². The van der Waals surface area contributed by atoms with Gasteiger partial charge in [0, 0.05) is 24.1 Å². The van der Waals surface area contributed by atoms with Gasteiger partial charge in [-0.1, -0.05) is 19.1 Å². The largest absolute Gasteiger partial charge is 0.455 e. The molecule has 1 N–H and O–H groups in total. The van der Waals surface area contributed by atoms with Gasteiger partial charge in [0.1, 0.15) is 11.5 Å². The second-order valence-corrected chi connectivity index (χ2v) is 5.25. The molecule has 0 atom stereocenters. The maximum absolute atomic E-state index is 10.8. The molecule has 24 heavy (non-hydrogen) atoms. The maximum Gasteiger partial charge on any atom is 0.270 e. The second kappa shape index (κ2) is 6.59. The van der Waals surface area contributed by atoms with E-state index in [1.807, 2.05) is 6.92 Å². The van der Waals surface area contributed by atoms with Gasteiger partial charge < -0.3 is 4.42 Å². The molecule has 0 amide bonds. The first kappa shape index (κ1) is 15.8. The van der Waals surface area contributed by atoms with Crippen molar-refractivity contribution in [3.63, 3.8) is 0 Å². The Balaban J connectivity index is 1.87. The molecule has 3 rings (SSSR count). The van der Waals surface area contributed by atoms with E-state index in [-0.39, 0.29) is 5.69 Å². The minimum Gasteiger partial charge on any atom is -0.455 e. The molecule has 0 aliphatic heterocycles. The number of non-ortho nitro benzene ring substituents is 1. The average Bonchev–Trinajstić information content (AvgIpc) is 3.19. The van der Waals surface area contributed by atoms with Gasteiger partial charge in [-0.3, -0.25) is 15.2 Å². The number of benzene rings is 1. The van der Waals surface area contributed by atoms with E-state index in [2.05, 4.69) is 15.3 Å². The van der Waals surface area contributed by atoms with Crippen LogP contribution >= 0.6 is 12.2 Å². The van der Waals surface area contributed by atoms with Gasteiger partial charge in [-0.15, -0.1) is 0 Å². The van der Waals surface area contributed by atoms with Crippen molar-refractivity contribution in [3.8, 4) is 11.3 Å². The number of nitro groups is 1. The fraction of sp³-hybridized carbons (Fsp3) is 0.133. The fourth-order valence-corrected chi connectivity index (χ4v) is 2.34. The first-order valence-corrected chi connectivity index (χ1v) is 7.54. The number of nitro benzene ring substituents is 1. The predicted molar refractivity (Wildman–Crippen MR) is 90.6 cm³/mol. The predicted octanol–water partition coefficient (Wildman–Crippen LogP) is 3.55. The highest BCUT2D eigenvalue weighted by molar-refractivity contribution is 7.71. The molecule has 8 nitrogen and oxygen atoms in total. The van der Waals surface area contributed by atoms with Gasteiger partial charge in [0.25, 0.3) is 5.69 Å². The van der Waals surface area contributed by atoms with Crippen molar-refractivity contribution < 1.29 is 9.34 Å². The van der Waals surface area contributed by atoms with Crippen molar-refractivity contribution in [2.45, 2.75) is 13.3 Å². The van der Waals surface area contributed by atoms with E-state index >= 15 is 0 Å². The number of hydrogen-bond acceptors (Lipinski definition) is 6. The zero-order chi connectivity index (χ0) is 17.1. The fourth-order valence-electron chi connectivity index (χ4n) is 2.14. The number of aromatic amines is 1. The van der Waals surface area contributed by atoms with Crippen molar-refractivity contribution in [1.29, 1.82) is 0 Å². The number of aromatic nitrogens is 3. The standard InChI is InChI=1S/C15H13N5O3S/c1-2-14-17-18-15(24)19(14)16-9-12-6-7-13(23-12)10-4-3-5-11(8-10)20(21)22/h3-9H,2H2,1H3,(H,18,24)/b16-9+. The molecule has 0 fully saturated rings. The summed E-state index contributed by atoms with van der Waals surface area (Å²) in [5.41, 5.74) is 0.634. The number of H-pyrrole nitrogens is 1. The van der Waals surface area contributed by atoms with Gasteiger partial charge in [0.15, 0.2) is 5.82 Å². The van der Waals surface area contributed by atoms with Crippen LogP contribution < -0.4 is 0 Å². The van der Waals surface area contributed by atoms with E-state index in [0.717, 1.165) is 0 Å². The summed E-state index contributed by atoms with van der Waals surface area (Å²) in [6.45, 7) is 1.95. The zero-order valence-corrected chi connectivity index (χ0v) is 13.5. The van der Waals surface area contributed by atoms with Crippen LogP contribution in [0.3, 0.4) is 0 Å². The second-order valence-electron chi connectivity index (χ2n) is 4.86. The topological polar surface area (TPSA) is 102 Å². The van der Waals surface area contributed by atoms with E-state index in [1.165, 1.54) is 23.0 Å². The molecule has 2 heterocycles. The van der Waals surface area contributed by atoms with Crippen LogP contribution in [0.1, 0.15) is 18.5 Å². The average molecular weight is 343 g/mol. The molecule has 0 saturated heterocycles. The van der Waals surface area contributed by atoms with Crippen LogP contribution in [0.2, 0.25) is 0 Å². The summed E-state index contributed by atoms with van der Waals surface area (Å²) >= 11 is 5.11. The van der Waals surface area contributed by atoms with Gasteiger partial charge in [-0.05, 0) is 24.4 Å². The third-order valence-electron chi connectivity index (χ3n) is 3.30. The zero-order valence-electron chi connectivity index (χ0n) is 12.7. The quantitative estimate of drug-likeness (QED) is 0.330. The van der Waals surface area contributed by atoms with Gasteiger partial charge in [0.2, 0.25) is 4.77 Å². The third kappa shape index (κ3) is 3.15. The lowest BCUT2D eigenvalue weighted by Gasteiger charge is -1.97. The Bertz CT molecular complexity index is 969. The number of hydrogen-bond donors (Lipinski definition) is 1. The molecule has 0 bridgehead atoms. The number of nitrogens with zero attached hydrogens (tertiary/aromatic N) is 4. The van der Waals surface area contributed by atoms with Crippen LogP contribution in [0.5, 0.6) is 0 Å². The van der Waals surface area contributed by atoms with Crippen molar-refractivity contribution in [1.82, 2.24) is 14.9 Å². The molecule has 0 spiro atoms. The van der Waals surface area contributed by atoms with Crippen LogP contribution in [0.15, 0.2) is 45.9 Å². The van der Waals surface area contributed by atoms with Crippen molar-refractivity contribution in [2.75, 3.05) is 0 Å².